The number of oxime groups is 1. The summed E-state index contributed by atoms with van der Waals surface area (Å²) in [7, 11) is 1.55. The van der Waals surface area contributed by atoms with Gasteiger partial charge in [0.05, 0.1) is 12.8 Å². The highest BCUT2D eigenvalue weighted by molar-refractivity contribution is 6.02. The second-order valence-electron chi connectivity index (χ2n) is 3.53. The molecule has 1 aromatic carbocycles. The van der Waals surface area contributed by atoms with E-state index < -0.39 is 0 Å². The first-order chi connectivity index (χ1) is 7.72. The fraction of sp³-hybridized carbons (Fsp3) is 0.417. The Bertz CT molecular complexity index is 375. The maximum absolute atomic E-state index is 9.68. The van der Waals surface area contributed by atoms with Crippen LogP contribution in [0, 0.1) is 0 Å². The van der Waals surface area contributed by atoms with Gasteiger partial charge in [-0.25, -0.2) is 0 Å². The number of aromatic hydroxyl groups is 1. The molecule has 0 aromatic heterocycles. The molecule has 0 amide bonds. The second kappa shape index (κ2) is 6.00. The summed E-state index contributed by atoms with van der Waals surface area (Å²) in [5.74, 6) is 0.732. The lowest BCUT2D eigenvalue weighted by Gasteiger charge is -2.08. The monoisotopic (exact) mass is 223 g/mol. The molecule has 0 aliphatic heterocycles. The number of ether oxygens (including phenoxy) is 1. The summed E-state index contributed by atoms with van der Waals surface area (Å²) in [4.78, 5) is 0. The lowest BCUT2D eigenvalue weighted by Crippen LogP contribution is -2.02. The Morgan fingerprint density at radius 3 is 2.75 bits per heavy atom. The third kappa shape index (κ3) is 2.89. The van der Waals surface area contributed by atoms with Crippen molar-refractivity contribution in [3.05, 3.63) is 23.8 Å². The van der Waals surface area contributed by atoms with Gasteiger partial charge in [0.1, 0.15) is 11.5 Å². The van der Waals surface area contributed by atoms with Crippen LogP contribution in [0.25, 0.3) is 0 Å². The molecule has 0 aliphatic rings. The molecule has 0 aliphatic carbocycles. The average Bonchev–Trinajstić information content (AvgIpc) is 2.32. The van der Waals surface area contributed by atoms with Crippen molar-refractivity contribution < 1.29 is 15.1 Å². The van der Waals surface area contributed by atoms with Crippen molar-refractivity contribution >= 4 is 5.71 Å². The third-order valence-corrected chi connectivity index (χ3v) is 2.40. The van der Waals surface area contributed by atoms with Gasteiger partial charge in [-0.15, -0.1) is 0 Å². The Labute approximate surface area is 95.2 Å². The van der Waals surface area contributed by atoms with Crippen molar-refractivity contribution in [1.29, 1.82) is 0 Å². The van der Waals surface area contributed by atoms with E-state index in [4.69, 9.17) is 9.94 Å². The molecule has 0 spiro atoms. The summed E-state index contributed by atoms with van der Waals surface area (Å²) >= 11 is 0. The SMILES string of the molecule is CCCCC(=NO)c1cc(OC)ccc1O. The van der Waals surface area contributed by atoms with Crippen molar-refractivity contribution in [2.75, 3.05) is 7.11 Å². The molecular weight excluding hydrogens is 206 g/mol. The molecule has 4 heteroatoms. The number of rotatable bonds is 5. The molecular formula is C12H17NO3. The largest absolute Gasteiger partial charge is 0.507 e. The molecule has 4 nitrogen and oxygen atoms in total. The van der Waals surface area contributed by atoms with Crippen LogP contribution in [-0.4, -0.2) is 23.1 Å². The van der Waals surface area contributed by atoms with Gasteiger partial charge in [-0.1, -0.05) is 18.5 Å². The number of hydrogen-bond acceptors (Lipinski definition) is 4. The van der Waals surface area contributed by atoms with Crippen molar-refractivity contribution in [2.24, 2.45) is 5.16 Å². The van der Waals surface area contributed by atoms with E-state index in [0.29, 0.717) is 23.4 Å². The summed E-state index contributed by atoms with van der Waals surface area (Å²) < 4.78 is 5.06. The van der Waals surface area contributed by atoms with Gasteiger partial charge in [0.25, 0.3) is 0 Å². The maximum Gasteiger partial charge on any atom is 0.125 e. The van der Waals surface area contributed by atoms with Crippen LogP contribution in [0.15, 0.2) is 23.4 Å². The molecule has 0 atom stereocenters. The van der Waals surface area contributed by atoms with Crippen LogP contribution in [0.4, 0.5) is 0 Å². The maximum atomic E-state index is 9.68. The molecule has 0 radical (unpaired) electrons. The molecule has 0 fully saturated rings. The molecule has 0 saturated carbocycles. The molecule has 0 unspecified atom stereocenters. The standard InChI is InChI=1S/C12H17NO3/c1-3-4-5-11(13-15)10-8-9(16-2)6-7-12(10)14/h6-8,14-15H,3-5H2,1-2H3. The number of benzene rings is 1. The molecule has 0 saturated heterocycles. The van der Waals surface area contributed by atoms with E-state index in [-0.39, 0.29) is 5.75 Å². The predicted molar refractivity (Wildman–Crippen MR) is 62.5 cm³/mol. The zero-order valence-electron chi connectivity index (χ0n) is 9.60. The zero-order valence-corrected chi connectivity index (χ0v) is 9.60. The molecule has 0 heterocycles. The van der Waals surface area contributed by atoms with E-state index in [1.165, 1.54) is 6.07 Å². The number of methoxy groups -OCH3 is 1. The van der Waals surface area contributed by atoms with E-state index in [0.717, 1.165) is 12.8 Å². The molecule has 0 bridgehead atoms. The number of hydrogen-bond donors (Lipinski definition) is 2. The second-order valence-corrected chi connectivity index (χ2v) is 3.53. The van der Waals surface area contributed by atoms with Crippen LogP contribution in [0.2, 0.25) is 0 Å². The van der Waals surface area contributed by atoms with Crippen LogP contribution >= 0.6 is 0 Å². The van der Waals surface area contributed by atoms with Crippen molar-refractivity contribution in [3.8, 4) is 11.5 Å². The molecule has 88 valence electrons. The number of nitrogens with zero attached hydrogens (tertiary/aromatic N) is 1. The minimum absolute atomic E-state index is 0.102. The van der Waals surface area contributed by atoms with Crippen LogP contribution < -0.4 is 4.74 Å². The first-order valence-corrected chi connectivity index (χ1v) is 5.31. The summed E-state index contributed by atoms with van der Waals surface area (Å²) in [5, 5.41) is 21.8. The number of unbranched alkanes of at least 4 members (excludes halogenated alkanes) is 1. The van der Waals surface area contributed by atoms with Gasteiger partial charge in [0.15, 0.2) is 0 Å². The zero-order chi connectivity index (χ0) is 12.0. The Hall–Kier alpha value is -1.71. The van der Waals surface area contributed by atoms with Gasteiger partial charge in [0.2, 0.25) is 0 Å². The van der Waals surface area contributed by atoms with E-state index in [2.05, 4.69) is 12.1 Å². The minimum Gasteiger partial charge on any atom is -0.507 e. The Morgan fingerprint density at radius 2 is 2.19 bits per heavy atom. The summed E-state index contributed by atoms with van der Waals surface area (Å²) in [6, 6.07) is 4.86. The first-order valence-electron chi connectivity index (χ1n) is 5.31. The lowest BCUT2D eigenvalue weighted by molar-refractivity contribution is 0.317. The third-order valence-electron chi connectivity index (χ3n) is 2.40. The van der Waals surface area contributed by atoms with E-state index in [1.54, 1.807) is 19.2 Å². The summed E-state index contributed by atoms with van der Waals surface area (Å²) in [6.45, 7) is 2.06. The lowest BCUT2D eigenvalue weighted by atomic mass is 10.0. The minimum atomic E-state index is 0.102. The summed E-state index contributed by atoms with van der Waals surface area (Å²) in [6.07, 6.45) is 2.55. The van der Waals surface area contributed by atoms with Crippen LogP contribution in [0.3, 0.4) is 0 Å². The molecule has 1 aromatic rings. The average molecular weight is 223 g/mol. The fourth-order valence-electron chi connectivity index (χ4n) is 1.46. The van der Waals surface area contributed by atoms with Crippen molar-refractivity contribution in [3.63, 3.8) is 0 Å². The van der Waals surface area contributed by atoms with E-state index >= 15 is 0 Å². The van der Waals surface area contributed by atoms with Gasteiger partial charge in [-0.05, 0) is 31.0 Å². The highest BCUT2D eigenvalue weighted by Gasteiger charge is 2.10. The van der Waals surface area contributed by atoms with Crippen molar-refractivity contribution in [2.45, 2.75) is 26.2 Å². The summed E-state index contributed by atoms with van der Waals surface area (Å²) in [5.41, 5.74) is 1.01. The molecule has 16 heavy (non-hydrogen) atoms. The smallest absolute Gasteiger partial charge is 0.125 e. The van der Waals surface area contributed by atoms with Crippen LogP contribution in [0.1, 0.15) is 31.7 Å². The number of phenols is 1. The molecule has 1 rings (SSSR count). The van der Waals surface area contributed by atoms with Gasteiger partial charge in [0, 0.05) is 5.56 Å². The van der Waals surface area contributed by atoms with E-state index in [9.17, 15) is 5.11 Å². The molecule has 2 N–H and O–H groups in total. The highest BCUT2D eigenvalue weighted by atomic mass is 16.5. The van der Waals surface area contributed by atoms with Gasteiger partial charge in [-0.3, -0.25) is 0 Å². The van der Waals surface area contributed by atoms with Gasteiger partial charge < -0.3 is 15.1 Å². The van der Waals surface area contributed by atoms with Gasteiger partial charge >= 0.3 is 0 Å². The predicted octanol–water partition coefficient (Wildman–Crippen LogP) is 2.77. The highest BCUT2D eigenvalue weighted by Crippen LogP contribution is 2.25. The topological polar surface area (TPSA) is 62.1 Å². The Kier molecular flexibility index (Phi) is 4.64. The quantitative estimate of drug-likeness (QED) is 0.458. The Balaban J connectivity index is 2.99. The fourth-order valence-corrected chi connectivity index (χ4v) is 1.46. The van der Waals surface area contributed by atoms with Crippen molar-refractivity contribution in [1.82, 2.24) is 0 Å². The van der Waals surface area contributed by atoms with E-state index in [1.807, 2.05) is 0 Å². The number of phenolic OH excluding ortho intramolecular Hbond substituents is 1. The first kappa shape index (κ1) is 12.4. The Morgan fingerprint density at radius 1 is 1.44 bits per heavy atom. The van der Waals surface area contributed by atoms with Gasteiger partial charge in [-0.2, -0.15) is 0 Å². The van der Waals surface area contributed by atoms with Crippen LogP contribution in [0.5, 0.6) is 11.5 Å². The van der Waals surface area contributed by atoms with Crippen LogP contribution in [-0.2, 0) is 0 Å². The normalized spacial score (nSPS) is 11.5.